The van der Waals surface area contributed by atoms with Gasteiger partial charge in [-0.2, -0.15) is 0 Å². The van der Waals surface area contributed by atoms with Gasteiger partial charge >= 0.3 is 0 Å². The fraction of sp³-hybridized carbons (Fsp3) is 0.0714. The molecule has 3 heteroatoms. The summed E-state index contributed by atoms with van der Waals surface area (Å²) >= 11 is 0. The van der Waals surface area contributed by atoms with E-state index in [2.05, 4.69) is 0 Å². The Hall–Kier alpha value is -2.16. The van der Waals surface area contributed by atoms with Crippen LogP contribution in [0.25, 0.3) is 0 Å². The first kappa shape index (κ1) is 11.3. The highest BCUT2D eigenvalue weighted by molar-refractivity contribution is 5.72. The minimum Gasteiger partial charge on any atom is -0.398 e. The molecule has 0 aliphatic carbocycles. The first-order valence-corrected chi connectivity index (χ1v) is 5.27. The number of nitrogen functional groups attached to an aromatic ring is 1. The largest absolute Gasteiger partial charge is 0.398 e. The summed E-state index contributed by atoms with van der Waals surface area (Å²) in [6, 6.07) is 13.1. The molecule has 0 saturated heterocycles. The third-order valence-corrected chi connectivity index (χ3v) is 2.70. The first-order chi connectivity index (χ1) is 8.22. The standard InChI is InChI=1S/C14H12FNO/c15-11-7-5-10(6-8-11)13(9-17)12-3-1-2-4-14(12)16/h1-9,13H,16H2. The van der Waals surface area contributed by atoms with Gasteiger partial charge < -0.3 is 10.5 Å². The molecule has 2 N–H and O–H groups in total. The van der Waals surface area contributed by atoms with Gasteiger partial charge in [-0.3, -0.25) is 0 Å². The lowest BCUT2D eigenvalue weighted by Gasteiger charge is -2.13. The highest BCUT2D eigenvalue weighted by atomic mass is 19.1. The van der Waals surface area contributed by atoms with Gasteiger partial charge in [0.1, 0.15) is 12.1 Å². The number of carbonyl (C=O) groups is 1. The normalized spacial score (nSPS) is 12.1. The summed E-state index contributed by atoms with van der Waals surface area (Å²) in [7, 11) is 0. The van der Waals surface area contributed by atoms with Gasteiger partial charge in [0.25, 0.3) is 0 Å². The maximum absolute atomic E-state index is 12.8. The average molecular weight is 229 g/mol. The molecule has 0 saturated carbocycles. The molecular formula is C14H12FNO. The van der Waals surface area contributed by atoms with Gasteiger partial charge in [-0.1, -0.05) is 30.3 Å². The van der Waals surface area contributed by atoms with E-state index >= 15 is 0 Å². The van der Waals surface area contributed by atoms with Crippen molar-refractivity contribution in [2.24, 2.45) is 0 Å². The van der Waals surface area contributed by atoms with Gasteiger partial charge in [0.15, 0.2) is 0 Å². The number of aldehydes is 1. The Morgan fingerprint density at radius 2 is 1.71 bits per heavy atom. The fourth-order valence-electron chi connectivity index (χ4n) is 1.80. The molecule has 2 nitrogen and oxygen atoms in total. The number of benzene rings is 2. The molecule has 1 unspecified atom stereocenters. The van der Waals surface area contributed by atoms with Gasteiger partial charge in [0, 0.05) is 5.69 Å². The number of hydrogen-bond donors (Lipinski definition) is 1. The molecule has 1 atom stereocenters. The molecule has 0 spiro atoms. The van der Waals surface area contributed by atoms with Crippen molar-refractivity contribution in [2.45, 2.75) is 5.92 Å². The average Bonchev–Trinajstić information content (AvgIpc) is 2.35. The van der Waals surface area contributed by atoms with Crippen molar-refractivity contribution < 1.29 is 9.18 Å². The maximum Gasteiger partial charge on any atom is 0.131 e. The fourth-order valence-corrected chi connectivity index (χ4v) is 1.80. The summed E-state index contributed by atoms with van der Waals surface area (Å²) in [5.74, 6) is -0.767. The molecule has 0 fully saturated rings. The number of halogens is 1. The second-order valence-electron chi connectivity index (χ2n) is 3.79. The summed E-state index contributed by atoms with van der Waals surface area (Å²) in [5.41, 5.74) is 7.88. The summed E-state index contributed by atoms with van der Waals surface area (Å²) in [6.07, 6.45) is 0.818. The third-order valence-electron chi connectivity index (χ3n) is 2.70. The van der Waals surface area contributed by atoms with Crippen molar-refractivity contribution in [1.29, 1.82) is 0 Å². The lowest BCUT2D eigenvalue weighted by Crippen LogP contribution is -2.05. The Labute approximate surface area is 98.9 Å². The van der Waals surface area contributed by atoms with Crippen LogP contribution in [0.1, 0.15) is 17.0 Å². The van der Waals surface area contributed by atoms with Crippen molar-refractivity contribution in [3.63, 3.8) is 0 Å². The summed E-state index contributed by atoms with van der Waals surface area (Å²) in [5, 5.41) is 0. The summed E-state index contributed by atoms with van der Waals surface area (Å²) < 4.78 is 12.8. The van der Waals surface area contributed by atoms with E-state index in [1.807, 2.05) is 12.1 Å². The molecule has 0 amide bonds. The third kappa shape index (κ3) is 2.33. The van der Waals surface area contributed by atoms with Crippen molar-refractivity contribution >= 4 is 12.0 Å². The Kier molecular flexibility index (Phi) is 3.19. The molecule has 2 aromatic rings. The SMILES string of the molecule is Nc1ccccc1C(C=O)c1ccc(F)cc1. The van der Waals surface area contributed by atoms with Crippen LogP contribution in [0, 0.1) is 5.82 Å². The molecule has 2 rings (SSSR count). The predicted molar refractivity (Wildman–Crippen MR) is 65.2 cm³/mol. The summed E-state index contributed by atoms with van der Waals surface area (Å²) in [4.78, 5) is 11.2. The van der Waals surface area contributed by atoms with Crippen molar-refractivity contribution in [3.8, 4) is 0 Å². The molecule has 17 heavy (non-hydrogen) atoms. The molecule has 0 aromatic heterocycles. The second kappa shape index (κ2) is 4.78. The van der Waals surface area contributed by atoms with Crippen LogP contribution in [-0.4, -0.2) is 6.29 Å². The Bertz CT molecular complexity index is 522. The Balaban J connectivity index is 2.44. The van der Waals surface area contributed by atoms with Crippen LogP contribution >= 0.6 is 0 Å². The minimum absolute atomic E-state index is 0.320. The molecular weight excluding hydrogens is 217 g/mol. The Morgan fingerprint density at radius 1 is 1.06 bits per heavy atom. The molecule has 0 aliphatic rings. The van der Waals surface area contributed by atoms with E-state index in [-0.39, 0.29) is 5.82 Å². The van der Waals surface area contributed by atoms with E-state index in [1.54, 1.807) is 24.3 Å². The smallest absolute Gasteiger partial charge is 0.131 e. The van der Waals surface area contributed by atoms with Crippen LogP contribution in [0.3, 0.4) is 0 Å². The van der Waals surface area contributed by atoms with Gasteiger partial charge in [0.2, 0.25) is 0 Å². The second-order valence-corrected chi connectivity index (χ2v) is 3.79. The number of nitrogens with two attached hydrogens (primary N) is 1. The predicted octanol–water partition coefficient (Wildman–Crippen LogP) is 2.74. The number of carbonyl (C=O) groups excluding carboxylic acids is 1. The van der Waals surface area contributed by atoms with Crippen LogP contribution < -0.4 is 5.73 Å². The van der Waals surface area contributed by atoms with E-state index in [0.29, 0.717) is 5.69 Å². The van der Waals surface area contributed by atoms with Gasteiger partial charge in [-0.25, -0.2) is 4.39 Å². The highest BCUT2D eigenvalue weighted by Crippen LogP contribution is 2.27. The number of rotatable bonds is 3. The van der Waals surface area contributed by atoms with Crippen LogP contribution in [-0.2, 0) is 4.79 Å². The number of hydrogen-bond acceptors (Lipinski definition) is 2. The van der Waals surface area contributed by atoms with Crippen molar-refractivity contribution in [1.82, 2.24) is 0 Å². The topological polar surface area (TPSA) is 43.1 Å². The van der Waals surface area contributed by atoms with E-state index < -0.39 is 5.92 Å². The molecule has 2 aromatic carbocycles. The zero-order chi connectivity index (χ0) is 12.3. The molecule has 0 radical (unpaired) electrons. The first-order valence-electron chi connectivity index (χ1n) is 5.27. The maximum atomic E-state index is 12.8. The summed E-state index contributed by atoms with van der Waals surface area (Å²) in [6.45, 7) is 0. The van der Waals surface area contributed by atoms with Crippen LogP contribution in [0.5, 0.6) is 0 Å². The quantitative estimate of drug-likeness (QED) is 0.649. The monoisotopic (exact) mass is 229 g/mol. The number of para-hydroxylation sites is 1. The van der Waals surface area contributed by atoms with Crippen molar-refractivity contribution in [2.75, 3.05) is 5.73 Å². The minimum atomic E-state index is -0.447. The van der Waals surface area contributed by atoms with E-state index in [1.165, 1.54) is 12.1 Å². The number of anilines is 1. The molecule has 0 heterocycles. The van der Waals surface area contributed by atoms with Gasteiger partial charge in [-0.05, 0) is 29.3 Å². The van der Waals surface area contributed by atoms with Gasteiger partial charge in [-0.15, -0.1) is 0 Å². The molecule has 0 aliphatic heterocycles. The van der Waals surface area contributed by atoms with Crippen LogP contribution in [0.15, 0.2) is 48.5 Å². The Morgan fingerprint density at radius 3 is 2.29 bits per heavy atom. The highest BCUT2D eigenvalue weighted by Gasteiger charge is 2.15. The van der Waals surface area contributed by atoms with E-state index in [4.69, 9.17) is 5.73 Å². The lowest BCUT2D eigenvalue weighted by atomic mass is 9.91. The molecule has 0 bridgehead atoms. The van der Waals surface area contributed by atoms with Crippen LogP contribution in [0.2, 0.25) is 0 Å². The van der Waals surface area contributed by atoms with Crippen molar-refractivity contribution in [3.05, 3.63) is 65.5 Å². The lowest BCUT2D eigenvalue weighted by molar-refractivity contribution is -0.108. The van der Waals surface area contributed by atoms with Gasteiger partial charge in [0.05, 0.1) is 5.92 Å². The van der Waals surface area contributed by atoms with Crippen LogP contribution in [0.4, 0.5) is 10.1 Å². The van der Waals surface area contributed by atoms with E-state index in [9.17, 15) is 9.18 Å². The zero-order valence-corrected chi connectivity index (χ0v) is 9.14. The molecule has 86 valence electrons. The zero-order valence-electron chi connectivity index (χ0n) is 9.14. The van der Waals surface area contributed by atoms with E-state index in [0.717, 1.165) is 17.4 Å².